The molecule has 3 amide bonds. The summed E-state index contributed by atoms with van der Waals surface area (Å²) in [7, 11) is 0. The maximum atomic E-state index is 11.1. The summed E-state index contributed by atoms with van der Waals surface area (Å²) in [6.45, 7) is 0.542. The smallest absolute Gasteiger partial charge is 0.304 e. The first kappa shape index (κ1) is 7.60. The molecule has 12 heavy (non-hydrogen) atoms. The maximum absolute atomic E-state index is 11.1. The van der Waals surface area contributed by atoms with Gasteiger partial charge in [-0.2, -0.15) is 0 Å². The van der Waals surface area contributed by atoms with Gasteiger partial charge in [0.25, 0.3) is 11.7 Å². The summed E-state index contributed by atoms with van der Waals surface area (Å²) in [6, 6.07) is -0.449. The van der Waals surface area contributed by atoms with Gasteiger partial charge >= 0.3 is 6.03 Å². The number of Topliss-reactive ketones (excluding diaryl/α,β-unsaturated/α-hetero) is 1. The van der Waals surface area contributed by atoms with Gasteiger partial charge in [-0.15, -0.1) is 11.8 Å². The molecule has 0 aromatic rings. The van der Waals surface area contributed by atoms with E-state index in [1.807, 2.05) is 5.32 Å². The molecule has 6 heteroatoms. The van der Waals surface area contributed by atoms with Crippen LogP contribution < -0.4 is 5.32 Å². The van der Waals surface area contributed by atoms with Crippen LogP contribution in [0.5, 0.6) is 0 Å². The SMILES string of the molecule is O=C1NC(=O)N2CCSC2C1=O. The van der Waals surface area contributed by atoms with Crippen LogP contribution in [0.2, 0.25) is 0 Å². The number of fused-ring (bicyclic) bond motifs is 1. The van der Waals surface area contributed by atoms with Gasteiger partial charge < -0.3 is 4.90 Å². The molecule has 2 heterocycles. The first-order chi connectivity index (χ1) is 5.70. The van der Waals surface area contributed by atoms with Crippen LogP contribution in [0.4, 0.5) is 4.79 Å². The largest absolute Gasteiger partial charge is 0.325 e. The normalized spacial score (nSPS) is 28.8. The molecular weight excluding hydrogens is 180 g/mol. The third-order valence-electron chi connectivity index (χ3n) is 1.82. The number of nitrogens with one attached hydrogen (secondary N) is 1. The second-order valence-electron chi connectivity index (χ2n) is 2.54. The van der Waals surface area contributed by atoms with Gasteiger partial charge in [-0.25, -0.2) is 4.79 Å². The van der Waals surface area contributed by atoms with Gasteiger partial charge in [0.2, 0.25) is 0 Å². The average molecular weight is 186 g/mol. The zero-order valence-electron chi connectivity index (χ0n) is 6.07. The summed E-state index contributed by atoms with van der Waals surface area (Å²) >= 11 is 1.34. The number of thioether (sulfide) groups is 1. The summed E-state index contributed by atoms with van der Waals surface area (Å²) in [4.78, 5) is 34.4. The molecule has 2 fully saturated rings. The molecule has 0 aromatic heterocycles. The van der Waals surface area contributed by atoms with Crippen molar-refractivity contribution in [2.45, 2.75) is 5.37 Å². The monoisotopic (exact) mass is 186 g/mol. The van der Waals surface area contributed by atoms with Crippen LogP contribution in [0, 0.1) is 0 Å². The fourth-order valence-electron chi connectivity index (χ4n) is 1.24. The fourth-order valence-corrected chi connectivity index (χ4v) is 2.40. The molecule has 2 aliphatic heterocycles. The second kappa shape index (κ2) is 2.48. The van der Waals surface area contributed by atoms with E-state index in [2.05, 4.69) is 0 Å². The summed E-state index contributed by atoms with van der Waals surface area (Å²) < 4.78 is 0. The lowest BCUT2D eigenvalue weighted by Gasteiger charge is -2.26. The highest BCUT2D eigenvalue weighted by Crippen LogP contribution is 2.26. The molecule has 64 valence electrons. The predicted octanol–water partition coefficient (Wildman–Crippen LogP) is -0.820. The van der Waals surface area contributed by atoms with Crippen molar-refractivity contribution in [3.63, 3.8) is 0 Å². The Kier molecular flexibility index (Phi) is 1.57. The highest BCUT2D eigenvalue weighted by atomic mass is 32.2. The minimum Gasteiger partial charge on any atom is -0.304 e. The molecule has 0 aromatic carbocycles. The molecule has 2 saturated heterocycles. The molecule has 2 rings (SSSR count). The Morgan fingerprint density at radius 2 is 2.17 bits per heavy atom. The summed E-state index contributed by atoms with van der Waals surface area (Å²) in [6.07, 6.45) is 0. The topological polar surface area (TPSA) is 66.5 Å². The third-order valence-corrected chi connectivity index (χ3v) is 3.02. The van der Waals surface area contributed by atoms with Crippen molar-refractivity contribution in [2.75, 3.05) is 12.3 Å². The third kappa shape index (κ3) is 0.911. The fraction of sp³-hybridized carbons (Fsp3) is 0.500. The van der Waals surface area contributed by atoms with Gasteiger partial charge in [-0.1, -0.05) is 0 Å². The van der Waals surface area contributed by atoms with Crippen LogP contribution >= 0.6 is 11.8 Å². The number of ketones is 1. The van der Waals surface area contributed by atoms with Crippen LogP contribution in [-0.2, 0) is 9.59 Å². The van der Waals surface area contributed by atoms with Crippen LogP contribution in [0.3, 0.4) is 0 Å². The molecule has 1 atom stereocenters. The van der Waals surface area contributed by atoms with Crippen molar-refractivity contribution in [3.05, 3.63) is 0 Å². The Bertz CT molecular complexity index is 278. The standard InChI is InChI=1S/C6H6N2O3S/c9-3-4(10)7-6(11)8-1-2-12-5(3)8/h5H,1-2H2,(H,7,10,11). The minimum atomic E-state index is -0.782. The molecule has 0 spiro atoms. The number of hydrogen-bond donors (Lipinski definition) is 1. The Hall–Kier alpha value is -1.04. The lowest BCUT2D eigenvalue weighted by Crippen LogP contribution is -2.57. The van der Waals surface area contributed by atoms with Crippen molar-refractivity contribution >= 4 is 29.5 Å². The van der Waals surface area contributed by atoms with Crippen LogP contribution in [0.1, 0.15) is 0 Å². The molecule has 0 radical (unpaired) electrons. The molecule has 2 aliphatic rings. The molecule has 0 saturated carbocycles. The number of urea groups is 1. The van der Waals surface area contributed by atoms with Gasteiger partial charge in [0.1, 0.15) is 5.37 Å². The minimum absolute atomic E-state index is 0.449. The van der Waals surface area contributed by atoms with Crippen molar-refractivity contribution in [1.29, 1.82) is 0 Å². The summed E-state index contributed by atoms with van der Waals surface area (Å²) in [5, 5.41) is 1.42. The Morgan fingerprint density at radius 3 is 2.92 bits per heavy atom. The van der Waals surface area contributed by atoms with Crippen molar-refractivity contribution in [1.82, 2.24) is 10.2 Å². The average Bonchev–Trinajstić information content (AvgIpc) is 2.48. The van der Waals surface area contributed by atoms with Gasteiger partial charge in [0, 0.05) is 12.3 Å². The van der Waals surface area contributed by atoms with E-state index in [0.717, 1.165) is 5.75 Å². The Labute approximate surface area is 72.5 Å². The van der Waals surface area contributed by atoms with Gasteiger partial charge in [0.15, 0.2) is 0 Å². The van der Waals surface area contributed by atoms with E-state index in [4.69, 9.17) is 0 Å². The molecule has 0 bridgehead atoms. The molecule has 5 nitrogen and oxygen atoms in total. The van der Waals surface area contributed by atoms with Gasteiger partial charge in [0.05, 0.1) is 0 Å². The van der Waals surface area contributed by atoms with Crippen LogP contribution in [-0.4, -0.2) is 40.3 Å². The van der Waals surface area contributed by atoms with Gasteiger partial charge in [-0.3, -0.25) is 14.9 Å². The molecule has 1 unspecified atom stereocenters. The van der Waals surface area contributed by atoms with E-state index in [1.165, 1.54) is 16.7 Å². The van der Waals surface area contributed by atoms with Crippen LogP contribution in [0.15, 0.2) is 0 Å². The predicted molar refractivity (Wildman–Crippen MR) is 41.5 cm³/mol. The number of hydrogen-bond acceptors (Lipinski definition) is 4. The highest BCUT2D eigenvalue weighted by molar-refractivity contribution is 8.01. The van der Waals surface area contributed by atoms with Crippen molar-refractivity contribution in [2.24, 2.45) is 0 Å². The number of rotatable bonds is 0. The maximum Gasteiger partial charge on any atom is 0.325 e. The lowest BCUT2D eigenvalue weighted by atomic mass is 10.3. The van der Waals surface area contributed by atoms with Gasteiger partial charge in [-0.05, 0) is 0 Å². The summed E-state index contributed by atoms with van der Waals surface area (Å²) in [5.41, 5.74) is 0. The highest BCUT2D eigenvalue weighted by Gasteiger charge is 2.43. The quantitative estimate of drug-likeness (QED) is 0.502. The lowest BCUT2D eigenvalue weighted by molar-refractivity contribution is -0.139. The first-order valence-electron chi connectivity index (χ1n) is 3.47. The van der Waals surface area contributed by atoms with E-state index >= 15 is 0 Å². The zero-order valence-corrected chi connectivity index (χ0v) is 6.89. The van der Waals surface area contributed by atoms with Crippen molar-refractivity contribution in [3.8, 4) is 0 Å². The second-order valence-corrected chi connectivity index (χ2v) is 3.73. The van der Waals surface area contributed by atoms with E-state index in [1.54, 1.807) is 0 Å². The number of imide groups is 1. The number of amides is 3. The van der Waals surface area contributed by atoms with E-state index in [-0.39, 0.29) is 0 Å². The first-order valence-corrected chi connectivity index (χ1v) is 4.52. The number of nitrogens with zero attached hydrogens (tertiary/aromatic N) is 1. The zero-order chi connectivity index (χ0) is 8.72. The van der Waals surface area contributed by atoms with E-state index < -0.39 is 23.1 Å². The molecule has 0 aliphatic carbocycles. The van der Waals surface area contributed by atoms with Crippen molar-refractivity contribution < 1.29 is 14.4 Å². The Morgan fingerprint density at radius 1 is 1.42 bits per heavy atom. The van der Waals surface area contributed by atoms with E-state index in [0.29, 0.717) is 6.54 Å². The summed E-state index contributed by atoms with van der Waals surface area (Å²) in [5.74, 6) is -0.579. The molecular formula is C6H6N2O3S. The van der Waals surface area contributed by atoms with E-state index in [9.17, 15) is 14.4 Å². The number of carbonyl (C=O) groups is 3. The molecule has 1 N–H and O–H groups in total. The number of carbonyl (C=O) groups excluding carboxylic acids is 3. The van der Waals surface area contributed by atoms with Crippen LogP contribution in [0.25, 0.3) is 0 Å². The Balaban J connectivity index is 2.29.